The Kier molecular flexibility index (Phi) is 15.9. The summed E-state index contributed by atoms with van der Waals surface area (Å²) < 4.78 is 31.6. The van der Waals surface area contributed by atoms with Crippen LogP contribution in [0.2, 0.25) is 0 Å². The summed E-state index contributed by atoms with van der Waals surface area (Å²) in [5.41, 5.74) is 6.67. The molecule has 9 heteroatoms. The van der Waals surface area contributed by atoms with E-state index in [1.54, 1.807) is 0 Å². The molecule has 0 radical (unpaired) electrons. The fraction of sp³-hybridized carbons (Fsp3) is 0.571. The van der Waals surface area contributed by atoms with E-state index in [2.05, 4.69) is 77.3 Å². The van der Waals surface area contributed by atoms with E-state index in [1.165, 1.54) is 11.1 Å². The van der Waals surface area contributed by atoms with Crippen LogP contribution in [0.25, 0.3) is 0 Å². The molecule has 2 aromatic carbocycles. The van der Waals surface area contributed by atoms with Crippen molar-refractivity contribution in [1.82, 2.24) is 0 Å². The summed E-state index contributed by atoms with van der Waals surface area (Å²) in [6, 6.07) is 8.37. The SMILES string of the molecule is CCc1ccc(N(CC)CC)c(O)c1CC.CCc1ccc(N(CC)CC)c(O)c1CC.O=S(=O)(O)O. The molecule has 4 N–H and O–H groups in total. The Labute approximate surface area is 224 Å². The average molecular weight is 541 g/mol. The third-order valence-corrected chi connectivity index (χ3v) is 6.39. The first-order valence-electron chi connectivity index (χ1n) is 13.3. The van der Waals surface area contributed by atoms with Crippen LogP contribution in [-0.4, -0.2) is 53.9 Å². The molecule has 37 heavy (non-hydrogen) atoms. The Morgan fingerprint density at radius 2 is 0.838 bits per heavy atom. The Morgan fingerprint density at radius 1 is 0.568 bits per heavy atom. The first-order chi connectivity index (χ1) is 17.4. The third kappa shape index (κ3) is 10.8. The molecule has 0 bridgehead atoms. The van der Waals surface area contributed by atoms with E-state index in [0.717, 1.165) is 74.4 Å². The minimum absolute atomic E-state index is 0.477. The first kappa shape index (κ1) is 34.5. The topological polar surface area (TPSA) is 122 Å². The molecule has 0 saturated heterocycles. The monoisotopic (exact) mass is 540 g/mol. The highest BCUT2D eigenvalue weighted by Crippen LogP contribution is 2.35. The van der Waals surface area contributed by atoms with Gasteiger partial charge in [-0.05, 0) is 87.8 Å². The van der Waals surface area contributed by atoms with Gasteiger partial charge in [-0.1, -0.05) is 39.8 Å². The number of phenolic OH excluding ortho intramolecular Hbond substituents is 2. The van der Waals surface area contributed by atoms with Gasteiger partial charge in [0.1, 0.15) is 11.5 Å². The van der Waals surface area contributed by atoms with Gasteiger partial charge in [0, 0.05) is 26.2 Å². The van der Waals surface area contributed by atoms with Crippen molar-refractivity contribution in [3.05, 3.63) is 46.5 Å². The van der Waals surface area contributed by atoms with Gasteiger partial charge in [0.15, 0.2) is 0 Å². The summed E-state index contributed by atoms with van der Waals surface area (Å²) in [5.74, 6) is 0.955. The van der Waals surface area contributed by atoms with Crippen molar-refractivity contribution in [2.75, 3.05) is 36.0 Å². The van der Waals surface area contributed by atoms with Crippen molar-refractivity contribution in [3.8, 4) is 11.5 Å². The Hall–Kier alpha value is -2.49. The third-order valence-electron chi connectivity index (χ3n) is 6.39. The van der Waals surface area contributed by atoms with Gasteiger partial charge >= 0.3 is 10.4 Å². The Balaban J connectivity index is 0.000000594. The Bertz CT molecular complexity index is 972. The van der Waals surface area contributed by atoms with Gasteiger partial charge in [-0.15, -0.1) is 0 Å². The van der Waals surface area contributed by atoms with Crippen molar-refractivity contribution in [2.45, 2.75) is 81.1 Å². The van der Waals surface area contributed by atoms with Crippen LogP contribution in [0.1, 0.15) is 77.6 Å². The minimum atomic E-state index is -4.67. The molecule has 0 atom stereocenters. The van der Waals surface area contributed by atoms with Gasteiger partial charge in [-0.2, -0.15) is 8.42 Å². The molecule has 8 nitrogen and oxygen atoms in total. The lowest BCUT2D eigenvalue weighted by molar-refractivity contribution is 0.381. The number of anilines is 2. The molecule has 0 amide bonds. The number of aromatic hydroxyl groups is 2. The van der Waals surface area contributed by atoms with Crippen LogP contribution in [0.5, 0.6) is 11.5 Å². The van der Waals surface area contributed by atoms with Crippen molar-refractivity contribution in [1.29, 1.82) is 0 Å². The Morgan fingerprint density at radius 3 is 1.03 bits per heavy atom. The van der Waals surface area contributed by atoms with Crippen LogP contribution in [0.3, 0.4) is 0 Å². The molecule has 0 aromatic heterocycles. The maximum absolute atomic E-state index is 10.3. The van der Waals surface area contributed by atoms with E-state index < -0.39 is 10.4 Å². The highest BCUT2D eigenvalue weighted by Gasteiger charge is 2.14. The normalized spacial score (nSPS) is 10.6. The van der Waals surface area contributed by atoms with E-state index >= 15 is 0 Å². The zero-order chi connectivity index (χ0) is 28.8. The number of hydrogen-bond acceptors (Lipinski definition) is 6. The number of nitrogens with zero attached hydrogens (tertiary/aromatic N) is 2. The molecule has 0 heterocycles. The van der Waals surface area contributed by atoms with Gasteiger partial charge < -0.3 is 20.0 Å². The van der Waals surface area contributed by atoms with E-state index in [-0.39, 0.29) is 0 Å². The predicted molar refractivity (Wildman–Crippen MR) is 155 cm³/mol. The summed E-state index contributed by atoms with van der Waals surface area (Å²) >= 11 is 0. The van der Waals surface area contributed by atoms with E-state index in [1.807, 2.05) is 12.1 Å². The highest BCUT2D eigenvalue weighted by molar-refractivity contribution is 7.79. The predicted octanol–water partition coefficient (Wildman–Crippen LogP) is 6.07. The molecule has 212 valence electrons. The second-order valence-corrected chi connectivity index (χ2v) is 9.24. The quantitative estimate of drug-likeness (QED) is 0.268. The van der Waals surface area contributed by atoms with Gasteiger partial charge in [0.05, 0.1) is 11.4 Å². The van der Waals surface area contributed by atoms with Crippen LogP contribution in [0.4, 0.5) is 11.4 Å². The maximum Gasteiger partial charge on any atom is 0.394 e. The second kappa shape index (κ2) is 17.1. The molecule has 0 aliphatic carbocycles. The van der Waals surface area contributed by atoms with Crippen LogP contribution in [0.15, 0.2) is 24.3 Å². The summed E-state index contributed by atoms with van der Waals surface area (Å²) in [7, 11) is -4.67. The lowest BCUT2D eigenvalue weighted by atomic mass is 10.0. The highest BCUT2D eigenvalue weighted by atomic mass is 32.3. The van der Waals surface area contributed by atoms with Gasteiger partial charge in [0.25, 0.3) is 0 Å². The van der Waals surface area contributed by atoms with Crippen LogP contribution < -0.4 is 9.80 Å². The molecular formula is C28H48N2O6S. The maximum atomic E-state index is 10.3. The average Bonchev–Trinajstić information content (AvgIpc) is 2.86. The number of benzene rings is 2. The van der Waals surface area contributed by atoms with Crippen LogP contribution in [-0.2, 0) is 36.1 Å². The van der Waals surface area contributed by atoms with E-state index in [4.69, 9.17) is 17.5 Å². The smallest absolute Gasteiger partial charge is 0.394 e. The van der Waals surface area contributed by atoms with Gasteiger partial charge in [0.2, 0.25) is 0 Å². The second-order valence-electron chi connectivity index (χ2n) is 8.35. The van der Waals surface area contributed by atoms with Crippen molar-refractivity contribution in [2.24, 2.45) is 0 Å². The molecule has 0 aliphatic heterocycles. The van der Waals surface area contributed by atoms with Gasteiger partial charge in [-0.25, -0.2) is 0 Å². The summed E-state index contributed by atoms with van der Waals surface area (Å²) in [6.45, 7) is 20.6. The molecule has 0 spiro atoms. The molecule has 2 aromatic rings. The van der Waals surface area contributed by atoms with Crippen LogP contribution in [0, 0.1) is 0 Å². The lowest BCUT2D eigenvalue weighted by Gasteiger charge is -2.24. The van der Waals surface area contributed by atoms with Crippen molar-refractivity contribution < 1.29 is 27.7 Å². The summed E-state index contributed by atoms with van der Waals surface area (Å²) in [6.07, 6.45) is 3.75. The number of rotatable bonds is 10. The molecule has 0 fully saturated rings. The molecular weight excluding hydrogens is 492 g/mol. The van der Waals surface area contributed by atoms with Crippen LogP contribution >= 0.6 is 0 Å². The fourth-order valence-electron chi connectivity index (χ4n) is 4.42. The first-order valence-corrected chi connectivity index (χ1v) is 14.6. The van der Waals surface area contributed by atoms with Crippen molar-refractivity contribution >= 4 is 21.8 Å². The van der Waals surface area contributed by atoms with Gasteiger partial charge in [-0.3, -0.25) is 9.11 Å². The fourth-order valence-corrected chi connectivity index (χ4v) is 4.42. The molecule has 0 saturated carbocycles. The molecule has 0 aliphatic rings. The number of hydrogen-bond donors (Lipinski definition) is 4. The standard InChI is InChI=1S/2C14H23NO.H2O4S/c2*1-5-11-9-10-13(15(7-3)8-4)14(16)12(11)6-2;1-5(2,3)4/h2*9-10,16H,5-8H2,1-4H3;(H2,1,2,3,4). The van der Waals surface area contributed by atoms with E-state index in [0.29, 0.717) is 11.5 Å². The zero-order valence-corrected chi connectivity index (χ0v) is 24.7. The summed E-state index contributed by atoms with van der Waals surface area (Å²) in [5, 5.41) is 20.6. The number of phenols is 2. The largest absolute Gasteiger partial charge is 0.505 e. The molecule has 2 rings (SSSR count). The minimum Gasteiger partial charge on any atom is -0.505 e. The zero-order valence-electron chi connectivity index (χ0n) is 23.9. The lowest BCUT2D eigenvalue weighted by Crippen LogP contribution is -2.22. The van der Waals surface area contributed by atoms with E-state index in [9.17, 15) is 10.2 Å². The summed E-state index contributed by atoms with van der Waals surface area (Å²) in [4.78, 5) is 4.38. The van der Waals surface area contributed by atoms with Crippen molar-refractivity contribution in [3.63, 3.8) is 0 Å². The number of aryl methyl sites for hydroxylation is 2. The molecule has 0 unspecified atom stereocenters.